The Kier molecular flexibility index (Phi) is 7.97. The van der Waals surface area contributed by atoms with E-state index < -0.39 is 30.4 Å². The number of benzene rings is 2. The van der Waals surface area contributed by atoms with Crippen LogP contribution in [0.15, 0.2) is 64.7 Å². The topological polar surface area (TPSA) is 136 Å². The Hall–Kier alpha value is -4.77. The number of furan rings is 1. The largest absolute Gasteiger partial charge is 0.493 e. The van der Waals surface area contributed by atoms with E-state index in [2.05, 4.69) is 15.4 Å². The second-order valence-electron chi connectivity index (χ2n) is 7.89. The van der Waals surface area contributed by atoms with Gasteiger partial charge in [-0.15, -0.1) is 0 Å². The van der Waals surface area contributed by atoms with Crippen molar-refractivity contribution in [1.29, 1.82) is 0 Å². The lowest BCUT2D eigenvalue weighted by atomic mass is 10.1. The molecule has 2 N–H and O–H groups in total. The summed E-state index contributed by atoms with van der Waals surface area (Å²) in [6.07, 6.45) is 1.46. The molecule has 12 heteroatoms. The van der Waals surface area contributed by atoms with Gasteiger partial charge < -0.3 is 29.3 Å². The first-order valence-corrected chi connectivity index (χ1v) is 11.5. The number of hydrogen-bond acceptors (Lipinski definition) is 8. The highest BCUT2D eigenvalue weighted by Crippen LogP contribution is 2.30. The van der Waals surface area contributed by atoms with Crippen LogP contribution in [0.2, 0.25) is 5.02 Å². The first kappa shape index (κ1) is 26.3. The number of urea groups is 1. The van der Waals surface area contributed by atoms with Gasteiger partial charge in [-0.3, -0.25) is 9.59 Å². The summed E-state index contributed by atoms with van der Waals surface area (Å²) in [6, 6.07) is 13.7. The minimum atomic E-state index is -0.718. The normalized spacial score (nSPS) is 13.9. The van der Waals surface area contributed by atoms with Crippen LogP contribution in [0.3, 0.4) is 0 Å². The van der Waals surface area contributed by atoms with Crippen molar-refractivity contribution in [3.63, 3.8) is 0 Å². The number of nitrogens with zero attached hydrogens (tertiary/aromatic N) is 1. The minimum absolute atomic E-state index is 0.00376. The molecule has 3 aromatic rings. The SMILES string of the molecule is COC(=O)c1ccc(COc2ccc(C=C3NC(=O)N(CC(=O)Nc4ccc(Cl)cc4)C3=O)cc2OC)o1. The molecular formula is C26H22ClN3O8. The monoisotopic (exact) mass is 539 g/mol. The molecule has 0 saturated carbocycles. The number of ether oxygens (including phenoxy) is 3. The first-order chi connectivity index (χ1) is 18.3. The van der Waals surface area contributed by atoms with Crippen LogP contribution >= 0.6 is 11.6 Å². The minimum Gasteiger partial charge on any atom is -0.493 e. The Morgan fingerprint density at radius 1 is 1.05 bits per heavy atom. The van der Waals surface area contributed by atoms with E-state index in [-0.39, 0.29) is 18.1 Å². The van der Waals surface area contributed by atoms with Crippen molar-refractivity contribution in [3.8, 4) is 11.5 Å². The number of esters is 1. The Morgan fingerprint density at radius 3 is 2.53 bits per heavy atom. The molecule has 0 atom stereocenters. The summed E-state index contributed by atoms with van der Waals surface area (Å²) in [5.41, 5.74) is 1.01. The molecule has 2 heterocycles. The van der Waals surface area contributed by atoms with Gasteiger partial charge in [0.1, 0.15) is 24.6 Å². The van der Waals surface area contributed by atoms with E-state index in [9.17, 15) is 19.2 Å². The van der Waals surface area contributed by atoms with Crippen molar-refractivity contribution in [2.75, 3.05) is 26.1 Å². The van der Waals surface area contributed by atoms with Crippen LogP contribution < -0.4 is 20.1 Å². The van der Waals surface area contributed by atoms with Gasteiger partial charge in [-0.2, -0.15) is 0 Å². The van der Waals surface area contributed by atoms with Crippen molar-refractivity contribution in [2.24, 2.45) is 0 Å². The number of nitrogens with one attached hydrogen (secondary N) is 2. The molecule has 0 unspecified atom stereocenters. The van der Waals surface area contributed by atoms with Crippen LogP contribution in [0, 0.1) is 0 Å². The Morgan fingerprint density at radius 2 is 1.82 bits per heavy atom. The number of amides is 4. The lowest BCUT2D eigenvalue weighted by Crippen LogP contribution is -2.38. The average Bonchev–Trinajstić information content (AvgIpc) is 3.49. The smallest absolute Gasteiger partial charge is 0.373 e. The molecule has 11 nitrogen and oxygen atoms in total. The molecule has 2 aromatic carbocycles. The summed E-state index contributed by atoms with van der Waals surface area (Å²) < 4.78 is 21.1. The quantitative estimate of drug-likeness (QED) is 0.238. The summed E-state index contributed by atoms with van der Waals surface area (Å²) in [7, 11) is 2.70. The van der Waals surface area contributed by atoms with E-state index in [0.717, 1.165) is 4.90 Å². The summed E-state index contributed by atoms with van der Waals surface area (Å²) in [4.78, 5) is 49.8. The first-order valence-electron chi connectivity index (χ1n) is 11.1. The number of anilines is 1. The number of imide groups is 1. The molecule has 4 amide bonds. The van der Waals surface area contributed by atoms with E-state index in [1.54, 1.807) is 48.5 Å². The second-order valence-corrected chi connectivity index (χ2v) is 8.33. The summed E-state index contributed by atoms with van der Waals surface area (Å²) in [5.74, 6) is -0.600. The van der Waals surface area contributed by atoms with Gasteiger partial charge in [0.15, 0.2) is 11.5 Å². The molecule has 0 bridgehead atoms. The number of methoxy groups -OCH3 is 2. The van der Waals surface area contributed by atoms with Crippen LogP contribution in [-0.4, -0.2) is 49.5 Å². The lowest BCUT2D eigenvalue weighted by Gasteiger charge is -2.12. The maximum absolute atomic E-state index is 12.8. The van der Waals surface area contributed by atoms with Gasteiger partial charge in [-0.05, 0) is 60.2 Å². The number of halogens is 1. The van der Waals surface area contributed by atoms with Crippen LogP contribution in [0.1, 0.15) is 21.9 Å². The molecular weight excluding hydrogens is 518 g/mol. The molecule has 1 fully saturated rings. The van der Waals surface area contributed by atoms with Crippen molar-refractivity contribution in [3.05, 3.63) is 82.4 Å². The second kappa shape index (κ2) is 11.5. The fourth-order valence-electron chi connectivity index (χ4n) is 3.47. The molecule has 0 spiro atoms. The maximum Gasteiger partial charge on any atom is 0.373 e. The fourth-order valence-corrected chi connectivity index (χ4v) is 3.59. The van der Waals surface area contributed by atoms with Gasteiger partial charge >= 0.3 is 12.0 Å². The van der Waals surface area contributed by atoms with Crippen molar-refractivity contribution in [1.82, 2.24) is 10.2 Å². The van der Waals surface area contributed by atoms with E-state index in [1.165, 1.54) is 26.4 Å². The molecule has 4 rings (SSSR count). The van der Waals surface area contributed by atoms with E-state index in [4.69, 9.17) is 25.5 Å². The zero-order valence-corrected chi connectivity index (χ0v) is 21.0. The molecule has 0 aliphatic carbocycles. The van der Waals surface area contributed by atoms with E-state index in [1.807, 2.05) is 0 Å². The molecule has 0 radical (unpaired) electrons. The van der Waals surface area contributed by atoms with Crippen molar-refractivity contribution >= 4 is 47.2 Å². The third kappa shape index (κ3) is 6.13. The Balaban J connectivity index is 1.40. The lowest BCUT2D eigenvalue weighted by molar-refractivity contribution is -0.127. The van der Waals surface area contributed by atoms with Gasteiger partial charge in [0, 0.05) is 10.7 Å². The average molecular weight is 540 g/mol. The molecule has 196 valence electrons. The third-order valence-electron chi connectivity index (χ3n) is 5.31. The van der Waals surface area contributed by atoms with Crippen LogP contribution in [0.4, 0.5) is 10.5 Å². The number of hydrogen-bond donors (Lipinski definition) is 2. The Labute approximate surface area is 221 Å². The van der Waals surface area contributed by atoms with Crippen molar-refractivity contribution < 1.29 is 37.8 Å². The van der Waals surface area contributed by atoms with Gasteiger partial charge in [0.05, 0.1) is 14.2 Å². The van der Waals surface area contributed by atoms with Gasteiger partial charge in [0.2, 0.25) is 11.7 Å². The molecule has 1 saturated heterocycles. The molecule has 1 aliphatic rings. The zero-order valence-electron chi connectivity index (χ0n) is 20.3. The summed E-state index contributed by atoms with van der Waals surface area (Å²) >= 11 is 5.83. The van der Waals surface area contributed by atoms with Gasteiger partial charge in [-0.1, -0.05) is 17.7 Å². The van der Waals surface area contributed by atoms with E-state index >= 15 is 0 Å². The highest BCUT2D eigenvalue weighted by Gasteiger charge is 2.35. The molecule has 38 heavy (non-hydrogen) atoms. The predicted octanol–water partition coefficient (Wildman–Crippen LogP) is 3.84. The predicted molar refractivity (Wildman–Crippen MR) is 136 cm³/mol. The zero-order chi connectivity index (χ0) is 27.2. The number of carbonyl (C=O) groups excluding carboxylic acids is 4. The molecule has 1 aliphatic heterocycles. The molecule has 1 aromatic heterocycles. The van der Waals surface area contributed by atoms with Crippen LogP contribution in [0.5, 0.6) is 11.5 Å². The van der Waals surface area contributed by atoms with Crippen LogP contribution in [-0.2, 0) is 20.9 Å². The highest BCUT2D eigenvalue weighted by atomic mass is 35.5. The Bertz CT molecular complexity index is 1410. The highest BCUT2D eigenvalue weighted by molar-refractivity contribution is 6.30. The number of rotatable bonds is 9. The fraction of sp³-hybridized carbons (Fsp3) is 0.154. The van der Waals surface area contributed by atoms with Crippen LogP contribution in [0.25, 0.3) is 6.08 Å². The van der Waals surface area contributed by atoms with Crippen molar-refractivity contribution in [2.45, 2.75) is 6.61 Å². The summed E-state index contributed by atoms with van der Waals surface area (Å²) in [5, 5.41) is 5.59. The van der Waals surface area contributed by atoms with Gasteiger partial charge in [0.25, 0.3) is 5.91 Å². The number of carbonyl (C=O) groups is 4. The summed E-state index contributed by atoms with van der Waals surface area (Å²) in [6.45, 7) is -0.444. The standard InChI is InChI=1S/C26H22ClN3O8/c1-35-22-12-15(3-9-20(22)37-14-18-8-10-21(38-18)25(33)36-2)11-19-24(32)30(26(34)29-19)13-23(31)28-17-6-4-16(27)5-7-17/h3-12H,13-14H2,1-2H3,(H,28,31)(H,29,34). The maximum atomic E-state index is 12.8. The van der Waals surface area contributed by atoms with Gasteiger partial charge in [-0.25, -0.2) is 14.5 Å². The third-order valence-corrected chi connectivity index (χ3v) is 5.56. The van der Waals surface area contributed by atoms with E-state index in [0.29, 0.717) is 33.5 Å².